The maximum absolute atomic E-state index is 10.7. The third kappa shape index (κ3) is 7.03. The number of nitrogen functional groups attached to an aromatic ring is 2. The van der Waals surface area contributed by atoms with Crippen LogP contribution in [0.2, 0.25) is 0 Å². The van der Waals surface area contributed by atoms with Crippen molar-refractivity contribution in [3.8, 4) is 28.7 Å². The summed E-state index contributed by atoms with van der Waals surface area (Å²) in [7, 11) is 4.70. The number of phenolic OH excluding ortho intramolecular Hbond substituents is 2. The van der Waals surface area contributed by atoms with Gasteiger partial charge in [0.25, 0.3) is 0 Å². The molecule has 0 bridgehead atoms. The molecule has 3 aromatic rings. The van der Waals surface area contributed by atoms with E-state index in [0.29, 0.717) is 35.1 Å². The van der Waals surface area contributed by atoms with Gasteiger partial charge in [0.1, 0.15) is 11.4 Å². The second-order valence-electron chi connectivity index (χ2n) is 8.07. The van der Waals surface area contributed by atoms with E-state index in [2.05, 4.69) is 9.97 Å². The standard InChI is InChI=1S/C14H18N4O3.C10H13NO4/c1-19-10-5-8(6-11(20-2)12(10)21-3)4-9-7-17-14(16)18-13(9)15;1-10(11,9(14)15)5-6-2-3-7(12)8(13)4-6/h5-7H,4H2,1-3H3,(H4,15,16,17,18);2-4,12-13H,5,11H2,1H3,(H,14,15)/t;10-/m.0/s1. The number of aromatic hydroxyl groups is 2. The van der Waals surface area contributed by atoms with Gasteiger partial charge in [-0.2, -0.15) is 4.98 Å². The predicted molar refractivity (Wildman–Crippen MR) is 133 cm³/mol. The molecule has 0 aliphatic heterocycles. The molecule has 0 spiro atoms. The highest BCUT2D eigenvalue weighted by Crippen LogP contribution is 2.38. The molecule has 0 unspecified atom stereocenters. The highest BCUT2D eigenvalue weighted by Gasteiger charge is 2.28. The second kappa shape index (κ2) is 11.8. The lowest BCUT2D eigenvalue weighted by atomic mass is 9.94. The van der Waals surface area contributed by atoms with Crippen molar-refractivity contribution in [1.82, 2.24) is 9.97 Å². The third-order valence-electron chi connectivity index (χ3n) is 5.14. The Morgan fingerprint density at radius 1 is 0.972 bits per heavy atom. The summed E-state index contributed by atoms with van der Waals surface area (Å²) < 4.78 is 15.9. The van der Waals surface area contributed by atoms with Gasteiger partial charge in [-0.1, -0.05) is 6.07 Å². The predicted octanol–water partition coefficient (Wildman–Crippen LogP) is 1.70. The van der Waals surface area contributed by atoms with Crippen LogP contribution in [0.3, 0.4) is 0 Å². The van der Waals surface area contributed by atoms with Gasteiger partial charge in [-0.3, -0.25) is 4.79 Å². The zero-order valence-electron chi connectivity index (χ0n) is 20.5. The molecule has 0 aliphatic rings. The molecule has 0 saturated heterocycles. The van der Waals surface area contributed by atoms with E-state index in [1.54, 1.807) is 27.5 Å². The Bertz CT molecular complexity index is 1190. The first-order valence-corrected chi connectivity index (χ1v) is 10.6. The molecule has 0 radical (unpaired) electrons. The molecule has 1 atom stereocenters. The SMILES string of the molecule is COc1cc(Cc2cnc(N)nc2N)cc(OC)c1OC.C[C@](N)(Cc1ccc(O)c(O)c1)C(=O)O. The van der Waals surface area contributed by atoms with Crippen molar-refractivity contribution in [3.05, 3.63) is 53.2 Å². The van der Waals surface area contributed by atoms with Crippen LogP contribution in [0.1, 0.15) is 23.6 Å². The van der Waals surface area contributed by atoms with Crippen molar-refractivity contribution in [1.29, 1.82) is 0 Å². The number of carboxylic acid groups (broad SMARTS) is 1. The van der Waals surface area contributed by atoms with E-state index < -0.39 is 11.5 Å². The first kappa shape index (κ1) is 27.8. The Balaban J connectivity index is 0.000000269. The van der Waals surface area contributed by atoms with Crippen molar-refractivity contribution in [2.75, 3.05) is 32.8 Å². The number of methoxy groups -OCH3 is 3. The number of anilines is 2. The molecule has 194 valence electrons. The third-order valence-corrected chi connectivity index (χ3v) is 5.14. The number of rotatable bonds is 8. The van der Waals surface area contributed by atoms with Gasteiger partial charge in [-0.15, -0.1) is 0 Å². The van der Waals surface area contributed by atoms with Crippen LogP contribution in [0.5, 0.6) is 28.7 Å². The van der Waals surface area contributed by atoms with Crippen LogP contribution in [0.15, 0.2) is 36.5 Å². The number of carboxylic acids is 1. The number of phenols is 2. The Morgan fingerprint density at radius 3 is 2.06 bits per heavy atom. The summed E-state index contributed by atoms with van der Waals surface area (Å²) in [6.45, 7) is 1.39. The summed E-state index contributed by atoms with van der Waals surface area (Å²) in [5.41, 5.74) is 17.8. The summed E-state index contributed by atoms with van der Waals surface area (Å²) in [6, 6.07) is 7.82. The topological polar surface area (TPSA) is 209 Å². The number of hydrogen-bond donors (Lipinski definition) is 6. The first-order chi connectivity index (χ1) is 16.9. The lowest BCUT2D eigenvalue weighted by molar-refractivity contribution is -0.142. The number of hydrogen-bond acceptors (Lipinski definition) is 11. The van der Waals surface area contributed by atoms with Crippen LogP contribution < -0.4 is 31.4 Å². The average molecular weight is 502 g/mol. The van der Waals surface area contributed by atoms with Gasteiger partial charge in [0.05, 0.1) is 21.3 Å². The number of aromatic nitrogens is 2. The van der Waals surface area contributed by atoms with E-state index in [4.69, 9.17) is 41.6 Å². The molecule has 2 aromatic carbocycles. The number of nitrogens with zero attached hydrogens (tertiary/aromatic N) is 2. The van der Waals surface area contributed by atoms with Crippen LogP contribution in [-0.4, -0.2) is 58.1 Å². The fraction of sp³-hybridized carbons (Fsp3) is 0.292. The second-order valence-corrected chi connectivity index (χ2v) is 8.07. The summed E-state index contributed by atoms with van der Waals surface area (Å²) in [5.74, 6) is 0.586. The van der Waals surface area contributed by atoms with E-state index in [0.717, 1.165) is 11.1 Å². The van der Waals surface area contributed by atoms with Gasteiger partial charge in [-0.05, 0) is 42.3 Å². The van der Waals surface area contributed by atoms with Gasteiger partial charge in [-0.25, -0.2) is 4.98 Å². The van der Waals surface area contributed by atoms with Gasteiger partial charge >= 0.3 is 5.97 Å². The van der Waals surface area contributed by atoms with Gasteiger partial charge in [0, 0.05) is 24.6 Å². The Morgan fingerprint density at radius 2 is 1.58 bits per heavy atom. The van der Waals surface area contributed by atoms with E-state index in [9.17, 15) is 9.90 Å². The van der Waals surface area contributed by atoms with Crippen molar-refractivity contribution >= 4 is 17.7 Å². The molecule has 12 nitrogen and oxygen atoms in total. The zero-order chi connectivity index (χ0) is 27.0. The largest absolute Gasteiger partial charge is 0.504 e. The highest BCUT2D eigenvalue weighted by molar-refractivity contribution is 5.78. The summed E-state index contributed by atoms with van der Waals surface area (Å²) in [6.07, 6.45) is 2.22. The first-order valence-electron chi connectivity index (χ1n) is 10.6. The van der Waals surface area contributed by atoms with E-state index in [1.165, 1.54) is 25.1 Å². The van der Waals surface area contributed by atoms with E-state index >= 15 is 0 Å². The lowest BCUT2D eigenvalue weighted by Crippen LogP contribution is -2.46. The maximum atomic E-state index is 10.7. The lowest BCUT2D eigenvalue weighted by Gasteiger charge is -2.19. The van der Waals surface area contributed by atoms with Crippen molar-refractivity contribution in [3.63, 3.8) is 0 Å². The van der Waals surface area contributed by atoms with Crippen LogP contribution >= 0.6 is 0 Å². The molecule has 3 rings (SSSR count). The average Bonchev–Trinajstić information content (AvgIpc) is 2.82. The molecule has 1 heterocycles. The molecule has 0 saturated carbocycles. The maximum Gasteiger partial charge on any atom is 0.323 e. The van der Waals surface area contributed by atoms with Gasteiger partial charge in [0.15, 0.2) is 23.0 Å². The Labute approximate surface area is 208 Å². The van der Waals surface area contributed by atoms with E-state index in [1.807, 2.05) is 12.1 Å². The molecular formula is C24H31N5O7. The number of ether oxygens (including phenoxy) is 3. The smallest absolute Gasteiger partial charge is 0.323 e. The van der Waals surface area contributed by atoms with Crippen molar-refractivity contribution in [2.45, 2.75) is 25.3 Å². The monoisotopic (exact) mass is 501 g/mol. The molecule has 0 aliphatic carbocycles. The van der Waals surface area contributed by atoms with Gasteiger partial charge in [0.2, 0.25) is 11.7 Å². The number of benzene rings is 2. The Kier molecular flexibility index (Phi) is 9.11. The Hall–Kier alpha value is -4.45. The minimum atomic E-state index is -1.39. The molecule has 0 amide bonds. The van der Waals surface area contributed by atoms with Gasteiger partial charge < -0.3 is 46.7 Å². The molecule has 36 heavy (non-hydrogen) atoms. The summed E-state index contributed by atoms with van der Waals surface area (Å²) in [4.78, 5) is 18.6. The summed E-state index contributed by atoms with van der Waals surface area (Å²) in [5, 5.41) is 27.0. The normalized spacial score (nSPS) is 12.0. The van der Waals surface area contributed by atoms with Crippen LogP contribution in [0.4, 0.5) is 11.8 Å². The minimum Gasteiger partial charge on any atom is -0.504 e. The fourth-order valence-corrected chi connectivity index (χ4v) is 3.21. The number of carbonyl (C=O) groups is 1. The van der Waals surface area contributed by atoms with Crippen LogP contribution in [-0.2, 0) is 17.6 Å². The molecule has 9 N–H and O–H groups in total. The number of aliphatic carboxylic acids is 1. The molecule has 0 fully saturated rings. The van der Waals surface area contributed by atoms with Crippen LogP contribution in [0, 0.1) is 0 Å². The molecule has 12 heteroatoms. The molecule has 1 aromatic heterocycles. The van der Waals surface area contributed by atoms with E-state index in [-0.39, 0.29) is 23.9 Å². The zero-order valence-corrected chi connectivity index (χ0v) is 20.5. The fourth-order valence-electron chi connectivity index (χ4n) is 3.21. The highest BCUT2D eigenvalue weighted by atomic mass is 16.5. The quantitative estimate of drug-likeness (QED) is 0.244. The van der Waals surface area contributed by atoms with Crippen molar-refractivity contribution in [2.24, 2.45) is 5.73 Å². The molecular weight excluding hydrogens is 470 g/mol. The van der Waals surface area contributed by atoms with Crippen molar-refractivity contribution < 1.29 is 34.3 Å². The summed E-state index contributed by atoms with van der Waals surface area (Å²) >= 11 is 0. The minimum absolute atomic E-state index is 0.0795. The number of nitrogens with two attached hydrogens (primary N) is 3. The van der Waals surface area contributed by atoms with Crippen LogP contribution in [0.25, 0.3) is 0 Å².